The van der Waals surface area contributed by atoms with Gasteiger partial charge in [0.15, 0.2) is 0 Å². The Balaban J connectivity index is 1.92. The molecule has 0 amide bonds. The number of rotatable bonds is 6. The molecule has 2 rings (SSSR count). The van der Waals surface area contributed by atoms with Crippen LogP contribution in [0.2, 0.25) is 0 Å². The third kappa shape index (κ3) is 3.19. The molecule has 1 aliphatic carbocycles. The van der Waals surface area contributed by atoms with Gasteiger partial charge in [-0.05, 0) is 38.2 Å². The number of nitrogens with zero attached hydrogens (tertiary/aromatic N) is 2. The summed E-state index contributed by atoms with van der Waals surface area (Å²) < 4.78 is 0. The number of hydrogen-bond acceptors (Lipinski definition) is 3. The molecule has 1 fully saturated rings. The van der Waals surface area contributed by atoms with E-state index in [4.69, 9.17) is 0 Å². The molecule has 16 heavy (non-hydrogen) atoms. The van der Waals surface area contributed by atoms with E-state index >= 15 is 0 Å². The second kappa shape index (κ2) is 5.28. The largest absolute Gasteiger partial charge is 0.351 e. The Morgan fingerprint density at radius 1 is 1.38 bits per heavy atom. The van der Waals surface area contributed by atoms with Gasteiger partial charge in [0.05, 0.1) is 0 Å². The van der Waals surface area contributed by atoms with Crippen LogP contribution in [0.3, 0.4) is 0 Å². The van der Waals surface area contributed by atoms with E-state index in [0.717, 1.165) is 18.1 Å². The van der Waals surface area contributed by atoms with Crippen LogP contribution in [0.15, 0.2) is 6.20 Å². The molecule has 1 heterocycles. The quantitative estimate of drug-likeness (QED) is 0.747. The Kier molecular flexibility index (Phi) is 3.75. The third-order valence-corrected chi connectivity index (χ3v) is 3.04. The highest BCUT2D eigenvalue weighted by atomic mass is 15.1. The van der Waals surface area contributed by atoms with Crippen molar-refractivity contribution in [1.29, 1.82) is 0 Å². The van der Waals surface area contributed by atoms with Gasteiger partial charge in [0.2, 0.25) is 5.95 Å². The van der Waals surface area contributed by atoms with E-state index in [1.807, 2.05) is 6.20 Å². The summed E-state index contributed by atoms with van der Waals surface area (Å²) in [5, 5.41) is 3.33. The molecule has 0 aliphatic heterocycles. The van der Waals surface area contributed by atoms with Gasteiger partial charge >= 0.3 is 0 Å². The molecule has 1 saturated carbocycles. The van der Waals surface area contributed by atoms with Gasteiger partial charge in [0.1, 0.15) is 0 Å². The van der Waals surface area contributed by atoms with E-state index in [1.54, 1.807) is 0 Å². The SMILES string of the molecule is CCCCCc1cnc(NC2CC2)nc1C. The number of nitrogens with one attached hydrogen (secondary N) is 1. The lowest BCUT2D eigenvalue weighted by Crippen LogP contribution is -2.07. The molecule has 3 heteroatoms. The Labute approximate surface area is 97.7 Å². The van der Waals surface area contributed by atoms with Crippen molar-refractivity contribution in [2.24, 2.45) is 0 Å². The second-order valence-electron chi connectivity index (χ2n) is 4.68. The Bertz CT molecular complexity index is 345. The van der Waals surface area contributed by atoms with E-state index in [0.29, 0.717) is 6.04 Å². The summed E-state index contributed by atoms with van der Waals surface area (Å²) in [7, 11) is 0. The first kappa shape index (κ1) is 11.4. The lowest BCUT2D eigenvalue weighted by atomic mass is 10.1. The first-order valence-electron chi connectivity index (χ1n) is 6.38. The van der Waals surface area contributed by atoms with Crippen LogP contribution in [-0.2, 0) is 6.42 Å². The van der Waals surface area contributed by atoms with Gasteiger partial charge in [-0.15, -0.1) is 0 Å². The standard InChI is InChI=1S/C13H21N3/c1-3-4-5-6-11-9-14-13(15-10(11)2)16-12-7-8-12/h9,12H,3-8H2,1-2H3,(H,14,15,16). The van der Waals surface area contributed by atoms with Gasteiger partial charge < -0.3 is 5.32 Å². The minimum atomic E-state index is 0.630. The van der Waals surface area contributed by atoms with Gasteiger partial charge in [-0.25, -0.2) is 9.97 Å². The molecule has 1 N–H and O–H groups in total. The van der Waals surface area contributed by atoms with Crippen molar-refractivity contribution in [1.82, 2.24) is 9.97 Å². The smallest absolute Gasteiger partial charge is 0.223 e. The van der Waals surface area contributed by atoms with E-state index in [9.17, 15) is 0 Å². The van der Waals surface area contributed by atoms with Crippen LogP contribution in [0, 0.1) is 6.92 Å². The van der Waals surface area contributed by atoms with E-state index in [-0.39, 0.29) is 0 Å². The molecular formula is C13H21N3. The molecule has 0 unspecified atom stereocenters. The zero-order chi connectivity index (χ0) is 11.4. The molecule has 1 aliphatic rings. The molecule has 0 saturated heterocycles. The van der Waals surface area contributed by atoms with Crippen molar-refractivity contribution >= 4 is 5.95 Å². The molecule has 0 spiro atoms. The topological polar surface area (TPSA) is 37.8 Å². The Morgan fingerprint density at radius 2 is 2.19 bits per heavy atom. The van der Waals surface area contributed by atoms with Crippen molar-refractivity contribution in [3.8, 4) is 0 Å². The van der Waals surface area contributed by atoms with Crippen LogP contribution in [0.25, 0.3) is 0 Å². The maximum atomic E-state index is 4.51. The van der Waals surface area contributed by atoms with E-state index in [1.165, 1.54) is 37.7 Å². The first-order chi connectivity index (χ1) is 7.79. The summed E-state index contributed by atoms with van der Waals surface area (Å²) in [5.74, 6) is 0.805. The summed E-state index contributed by atoms with van der Waals surface area (Å²) in [4.78, 5) is 8.89. The third-order valence-electron chi connectivity index (χ3n) is 3.04. The van der Waals surface area contributed by atoms with Gasteiger partial charge in [-0.1, -0.05) is 19.8 Å². The molecule has 0 atom stereocenters. The average Bonchev–Trinajstić information content (AvgIpc) is 3.05. The van der Waals surface area contributed by atoms with Gasteiger partial charge in [-0.2, -0.15) is 0 Å². The van der Waals surface area contributed by atoms with E-state index < -0.39 is 0 Å². The minimum absolute atomic E-state index is 0.630. The van der Waals surface area contributed by atoms with Gasteiger partial charge in [0.25, 0.3) is 0 Å². The van der Waals surface area contributed by atoms with Crippen molar-refractivity contribution in [2.75, 3.05) is 5.32 Å². The molecule has 0 radical (unpaired) electrons. The molecule has 0 aromatic carbocycles. The van der Waals surface area contributed by atoms with Crippen LogP contribution in [0.5, 0.6) is 0 Å². The predicted molar refractivity (Wildman–Crippen MR) is 66.6 cm³/mol. The van der Waals surface area contributed by atoms with Crippen LogP contribution >= 0.6 is 0 Å². The predicted octanol–water partition coefficient (Wildman–Crippen LogP) is 3.09. The van der Waals surface area contributed by atoms with Crippen LogP contribution in [0.1, 0.15) is 50.3 Å². The minimum Gasteiger partial charge on any atom is -0.351 e. The summed E-state index contributed by atoms with van der Waals surface area (Å²) in [5.41, 5.74) is 2.43. The molecule has 3 nitrogen and oxygen atoms in total. The highest BCUT2D eigenvalue weighted by molar-refractivity contribution is 5.31. The van der Waals surface area contributed by atoms with Gasteiger partial charge in [0, 0.05) is 17.9 Å². The zero-order valence-corrected chi connectivity index (χ0v) is 10.3. The highest BCUT2D eigenvalue weighted by Crippen LogP contribution is 2.23. The fourth-order valence-corrected chi connectivity index (χ4v) is 1.78. The monoisotopic (exact) mass is 219 g/mol. The summed E-state index contributed by atoms with van der Waals surface area (Å²) in [6, 6.07) is 0.630. The van der Waals surface area contributed by atoms with Crippen molar-refractivity contribution in [3.63, 3.8) is 0 Å². The lowest BCUT2D eigenvalue weighted by molar-refractivity contribution is 0.711. The van der Waals surface area contributed by atoms with Crippen molar-refractivity contribution in [2.45, 2.75) is 58.4 Å². The molecule has 1 aromatic heterocycles. The summed E-state index contributed by atoms with van der Waals surface area (Å²) in [6.07, 6.45) is 9.44. The van der Waals surface area contributed by atoms with Gasteiger partial charge in [-0.3, -0.25) is 0 Å². The fourth-order valence-electron chi connectivity index (χ4n) is 1.78. The summed E-state index contributed by atoms with van der Waals surface area (Å²) >= 11 is 0. The number of aromatic nitrogens is 2. The molecule has 0 bridgehead atoms. The van der Waals surface area contributed by atoms with Crippen LogP contribution in [0.4, 0.5) is 5.95 Å². The first-order valence-corrected chi connectivity index (χ1v) is 6.38. The normalized spacial score (nSPS) is 15.1. The maximum absolute atomic E-state index is 4.51. The van der Waals surface area contributed by atoms with Crippen molar-refractivity contribution in [3.05, 3.63) is 17.5 Å². The van der Waals surface area contributed by atoms with E-state index in [2.05, 4.69) is 29.1 Å². The van der Waals surface area contributed by atoms with Crippen LogP contribution in [-0.4, -0.2) is 16.0 Å². The Hall–Kier alpha value is -1.12. The van der Waals surface area contributed by atoms with Crippen molar-refractivity contribution < 1.29 is 0 Å². The lowest BCUT2D eigenvalue weighted by Gasteiger charge is -2.07. The molecule has 1 aromatic rings. The summed E-state index contributed by atoms with van der Waals surface area (Å²) in [6.45, 7) is 4.31. The Morgan fingerprint density at radius 3 is 2.81 bits per heavy atom. The second-order valence-corrected chi connectivity index (χ2v) is 4.68. The number of aryl methyl sites for hydroxylation is 2. The number of hydrogen-bond donors (Lipinski definition) is 1. The highest BCUT2D eigenvalue weighted by Gasteiger charge is 2.21. The average molecular weight is 219 g/mol. The van der Waals surface area contributed by atoms with Crippen LogP contribution < -0.4 is 5.32 Å². The molecular weight excluding hydrogens is 198 g/mol. The maximum Gasteiger partial charge on any atom is 0.223 e. The fraction of sp³-hybridized carbons (Fsp3) is 0.692. The zero-order valence-electron chi connectivity index (χ0n) is 10.3. The number of anilines is 1. The molecule has 88 valence electrons. The number of unbranched alkanes of at least 4 members (excludes halogenated alkanes) is 2.